The molecule has 0 unspecified atom stereocenters. The summed E-state index contributed by atoms with van der Waals surface area (Å²) >= 11 is 0. The molecule has 2 aromatic carbocycles. The molecule has 0 aromatic heterocycles. The van der Waals surface area contributed by atoms with Gasteiger partial charge in [-0.3, -0.25) is 4.79 Å². The number of fused-ring (bicyclic) bond motifs is 1. The van der Waals surface area contributed by atoms with E-state index in [-0.39, 0.29) is 22.9 Å². The molecule has 2 N–H and O–H groups in total. The van der Waals surface area contributed by atoms with Crippen LogP contribution >= 0.6 is 0 Å². The van der Waals surface area contributed by atoms with Gasteiger partial charge in [0.25, 0.3) is 5.91 Å². The SMILES string of the molecule is COc1cc(C(=O)Nc2cc(C(=O)O)ccc2OC(C)C)cc2c1OCCO2. The van der Waals surface area contributed by atoms with Crippen molar-refractivity contribution in [3.63, 3.8) is 0 Å². The molecule has 8 heteroatoms. The first-order valence-electron chi connectivity index (χ1n) is 8.72. The lowest BCUT2D eigenvalue weighted by molar-refractivity contribution is 0.0696. The lowest BCUT2D eigenvalue weighted by Gasteiger charge is -2.21. The molecule has 0 radical (unpaired) electrons. The Labute approximate surface area is 162 Å². The Morgan fingerprint density at radius 1 is 1.07 bits per heavy atom. The van der Waals surface area contributed by atoms with E-state index < -0.39 is 11.9 Å². The van der Waals surface area contributed by atoms with E-state index in [1.54, 1.807) is 6.07 Å². The van der Waals surface area contributed by atoms with Crippen LogP contribution in [0, 0.1) is 0 Å². The van der Waals surface area contributed by atoms with Gasteiger partial charge in [0.2, 0.25) is 5.75 Å². The first-order chi connectivity index (χ1) is 13.4. The molecule has 1 amide bonds. The lowest BCUT2D eigenvalue weighted by Crippen LogP contribution is -2.18. The third-order valence-electron chi connectivity index (χ3n) is 3.93. The van der Waals surface area contributed by atoms with Gasteiger partial charge in [-0.2, -0.15) is 0 Å². The van der Waals surface area contributed by atoms with Crippen LogP contribution in [0.3, 0.4) is 0 Å². The van der Waals surface area contributed by atoms with Gasteiger partial charge in [0.05, 0.1) is 24.5 Å². The number of carbonyl (C=O) groups excluding carboxylic acids is 1. The number of aromatic carboxylic acids is 1. The van der Waals surface area contributed by atoms with Crippen LogP contribution in [0.5, 0.6) is 23.0 Å². The van der Waals surface area contributed by atoms with E-state index in [1.165, 1.54) is 31.4 Å². The Morgan fingerprint density at radius 3 is 2.50 bits per heavy atom. The summed E-state index contributed by atoms with van der Waals surface area (Å²) in [5.74, 6) is 0.0351. The van der Waals surface area contributed by atoms with Gasteiger partial charge in [-0.25, -0.2) is 4.79 Å². The van der Waals surface area contributed by atoms with Crippen LogP contribution in [0.1, 0.15) is 34.6 Å². The molecule has 0 fully saturated rings. The minimum absolute atomic E-state index is 0.0335. The molecular formula is C20H21NO7. The fourth-order valence-electron chi connectivity index (χ4n) is 2.72. The highest BCUT2D eigenvalue weighted by atomic mass is 16.6. The number of benzene rings is 2. The molecule has 8 nitrogen and oxygen atoms in total. The molecular weight excluding hydrogens is 366 g/mol. The zero-order valence-corrected chi connectivity index (χ0v) is 15.8. The summed E-state index contributed by atoms with van der Waals surface area (Å²) in [6.45, 7) is 4.44. The van der Waals surface area contributed by atoms with Gasteiger partial charge in [0.15, 0.2) is 11.5 Å². The number of rotatable bonds is 6. The molecule has 0 spiro atoms. The van der Waals surface area contributed by atoms with Gasteiger partial charge in [-0.15, -0.1) is 0 Å². The molecule has 28 heavy (non-hydrogen) atoms. The van der Waals surface area contributed by atoms with E-state index in [4.69, 9.17) is 18.9 Å². The number of methoxy groups -OCH3 is 1. The molecule has 148 valence electrons. The summed E-state index contributed by atoms with van der Waals surface area (Å²) in [6, 6.07) is 7.38. The van der Waals surface area contributed by atoms with E-state index in [0.717, 1.165) is 0 Å². The number of carbonyl (C=O) groups is 2. The molecule has 2 aromatic rings. The summed E-state index contributed by atoms with van der Waals surface area (Å²) in [5.41, 5.74) is 0.566. The van der Waals surface area contributed by atoms with E-state index in [0.29, 0.717) is 36.2 Å². The number of carboxylic acid groups (broad SMARTS) is 1. The lowest BCUT2D eigenvalue weighted by atomic mass is 10.1. The molecule has 1 aliphatic heterocycles. The maximum Gasteiger partial charge on any atom is 0.335 e. The van der Waals surface area contributed by atoms with Crippen LogP contribution in [0.15, 0.2) is 30.3 Å². The van der Waals surface area contributed by atoms with Crippen LogP contribution in [-0.4, -0.2) is 43.4 Å². The second-order valence-corrected chi connectivity index (χ2v) is 6.34. The fraction of sp³-hybridized carbons (Fsp3) is 0.300. The standard InChI is InChI=1S/C20H21NO7/c1-11(2)28-15-5-4-12(20(23)24)8-14(15)21-19(22)13-9-16(25-3)18-17(10-13)26-6-7-27-18/h4-5,8-11H,6-7H2,1-3H3,(H,21,22)(H,23,24). The number of hydrogen-bond donors (Lipinski definition) is 2. The highest BCUT2D eigenvalue weighted by Crippen LogP contribution is 2.40. The fourth-order valence-corrected chi connectivity index (χ4v) is 2.72. The number of nitrogens with one attached hydrogen (secondary N) is 1. The summed E-state index contributed by atoms with van der Waals surface area (Å²) in [4.78, 5) is 24.1. The zero-order valence-electron chi connectivity index (χ0n) is 15.8. The quantitative estimate of drug-likeness (QED) is 0.784. The molecule has 0 saturated heterocycles. The summed E-state index contributed by atoms with van der Waals surface area (Å²) in [6.07, 6.45) is -0.152. The summed E-state index contributed by atoms with van der Waals surface area (Å²) in [5, 5.41) is 11.9. The summed E-state index contributed by atoms with van der Waals surface area (Å²) < 4.78 is 22.1. The van der Waals surface area contributed by atoms with Crippen molar-refractivity contribution < 1.29 is 33.6 Å². The average molecular weight is 387 g/mol. The van der Waals surface area contributed by atoms with E-state index in [9.17, 15) is 14.7 Å². The molecule has 3 rings (SSSR count). The second kappa shape index (κ2) is 8.08. The first-order valence-corrected chi connectivity index (χ1v) is 8.72. The molecule has 0 aliphatic carbocycles. The van der Waals surface area contributed by atoms with Gasteiger partial charge in [-0.1, -0.05) is 0 Å². The number of anilines is 1. The monoisotopic (exact) mass is 387 g/mol. The summed E-state index contributed by atoms with van der Waals surface area (Å²) in [7, 11) is 1.47. The van der Waals surface area contributed by atoms with Crippen molar-refractivity contribution in [3.05, 3.63) is 41.5 Å². The Hall–Kier alpha value is -3.42. The van der Waals surface area contributed by atoms with Gasteiger partial charge in [-0.05, 0) is 44.2 Å². The van der Waals surface area contributed by atoms with Crippen molar-refractivity contribution in [1.82, 2.24) is 0 Å². The van der Waals surface area contributed by atoms with Crippen molar-refractivity contribution in [3.8, 4) is 23.0 Å². The predicted molar refractivity (Wildman–Crippen MR) is 101 cm³/mol. The van der Waals surface area contributed by atoms with Crippen molar-refractivity contribution in [1.29, 1.82) is 0 Å². The Morgan fingerprint density at radius 2 is 1.82 bits per heavy atom. The number of carboxylic acids is 1. The highest BCUT2D eigenvalue weighted by molar-refractivity contribution is 6.06. The van der Waals surface area contributed by atoms with Gasteiger partial charge >= 0.3 is 5.97 Å². The molecule has 0 atom stereocenters. The third-order valence-corrected chi connectivity index (χ3v) is 3.93. The Balaban J connectivity index is 1.94. The zero-order chi connectivity index (χ0) is 20.3. The van der Waals surface area contributed by atoms with Crippen molar-refractivity contribution in [2.24, 2.45) is 0 Å². The maximum atomic E-state index is 12.8. The van der Waals surface area contributed by atoms with Gasteiger partial charge in [0, 0.05) is 5.56 Å². The molecule has 1 aliphatic rings. The average Bonchev–Trinajstić information content (AvgIpc) is 2.67. The van der Waals surface area contributed by atoms with Crippen molar-refractivity contribution in [2.45, 2.75) is 20.0 Å². The normalized spacial score (nSPS) is 12.4. The first kappa shape index (κ1) is 19.3. The Kier molecular flexibility index (Phi) is 5.58. The molecule has 0 saturated carbocycles. The number of hydrogen-bond acceptors (Lipinski definition) is 6. The van der Waals surface area contributed by atoms with E-state index in [2.05, 4.69) is 5.32 Å². The third kappa shape index (κ3) is 4.11. The van der Waals surface area contributed by atoms with Crippen LogP contribution in [0.25, 0.3) is 0 Å². The second-order valence-electron chi connectivity index (χ2n) is 6.34. The molecule has 0 bridgehead atoms. The van der Waals surface area contributed by atoms with Crippen LogP contribution in [-0.2, 0) is 0 Å². The van der Waals surface area contributed by atoms with Crippen LogP contribution < -0.4 is 24.3 Å². The van der Waals surface area contributed by atoms with E-state index in [1.807, 2.05) is 13.8 Å². The van der Waals surface area contributed by atoms with Crippen molar-refractivity contribution in [2.75, 3.05) is 25.6 Å². The minimum Gasteiger partial charge on any atom is -0.493 e. The van der Waals surface area contributed by atoms with Crippen LogP contribution in [0.4, 0.5) is 5.69 Å². The highest BCUT2D eigenvalue weighted by Gasteiger charge is 2.22. The number of amides is 1. The van der Waals surface area contributed by atoms with Gasteiger partial charge < -0.3 is 29.4 Å². The van der Waals surface area contributed by atoms with Gasteiger partial charge in [0.1, 0.15) is 19.0 Å². The maximum absolute atomic E-state index is 12.8. The Bertz CT molecular complexity index is 890. The minimum atomic E-state index is -1.10. The smallest absolute Gasteiger partial charge is 0.335 e. The van der Waals surface area contributed by atoms with Crippen molar-refractivity contribution >= 4 is 17.6 Å². The van der Waals surface area contributed by atoms with E-state index >= 15 is 0 Å². The van der Waals surface area contributed by atoms with Crippen LogP contribution in [0.2, 0.25) is 0 Å². The number of ether oxygens (including phenoxy) is 4. The predicted octanol–water partition coefficient (Wildman–Crippen LogP) is 3.20. The topological polar surface area (TPSA) is 103 Å². The largest absolute Gasteiger partial charge is 0.493 e. The molecule has 1 heterocycles.